The molecule has 0 bridgehead atoms. The van der Waals surface area contributed by atoms with Crippen LogP contribution in [0.4, 0.5) is 4.39 Å². The predicted octanol–water partition coefficient (Wildman–Crippen LogP) is 8.34. The van der Waals surface area contributed by atoms with Crippen molar-refractivity contribution in [2.24, 2.45) is 11.8 Å². The normalized spacial score (nSPS) is 25.5. The van der Waals surface area contributed by atoms with Crippen molar-refractivity contribution in [3.05, 3.63) is 47.3 Å². The first kappa shape index (κ1) is 26.5. The summed E-state index contributed by atoms with van der Waals surface area (Å²) in [5, 5.41) is 8.48. The fourth-order valence-electron chi connectivity index (χ4n) is 5.67. The number of hydrogen-bond acceptors (Lipinski definition) is 3. The summed E-state index contributed by atoms with van der Waals surface area (Å²) in [4.78, 5) is 12.8. The third kappa shape index (κ3) is 8.57. The quantitative estimate of drug-likeness (QED) is 0.187. The molecule has 2 aliphatic carbocycles. The molecule has 2 saturated carbocycles. The lowest BCUT2D eigenvalue weighted by molar-refractivity contribution is -0.157. The molecule has 0 N–H and O–H groups in total. The van der Waals surface area contributed by atoms with Crippen LogP contribution in [-0.2, 0) is 16.0 Å². The van der Waals surface area contributed by atoms with Crippen molar-refractivity contribution in [1.82, 2.24) is 0 Å². The number of nitrogens with zero attached hydrogens (tertiary/aromatic N) is 1. The van der Waals surface area contributed by atoms with Crippen LogP contribution in [0, 0.1) is 23.2 Å². The van der Waals surface area contributed by atoms with Gasteiger partial charge in [-0.1, -0.05) is 50.5 Å². The van der Waals surface area contributed by atoms with Gasteiger partial charge in [0.25, 0.3) is 0 Å². The zero-order chi connectivity index (χ0) is 24.2. The van der Waals surface area contributed by atoms with E-state index in [1.165, 1.54) is 55.4 Å². The molecule has 2 aliphatic rings. The first-order valence-electron chi connectivity index (χ1n) is 13.6. The van der Waals surface area contributed by atoms with Crippen LogP contribution in [0.5, 0.6) is 0 Å². The lowest BCUT2D eigenvalue weighted by atomic mass is 9.78. The Morgan fingerprint density at radius 3 is 2.38 bits per heavy atom. The van der Waals surface area contributed by atoms with Gasteiger partial charge in [0.2, 0.25) is 0 Å². The van der Waals surface area contributed by atoms with Crippen molar-refractivity contribution >= 4 is 5.97 Å². The molecule has 3 rings (SSSR count). The Hall–Kier alpha value is -2.15. The maximum absolute atomic E-state index is 12.9. The lowest BCUT2D eigenvalue weighted by Crippen LogP contribution is -2.29. The van der Waals surface area contributed by atoms with E-state index >= 15 is 0 Å². The number of ether oxygens (including phenoxy) is 1. The zero-order valence-corrected chi connectivity index (χ0v) is 20.9. The molecule has 4 heteroatoms. The van der Waals surface area contributed by atoms with E-state index in [4.69, 9.17) is 10.00 Å². The van der Waals surface area contributed by atoms with Crippen LogP contribution in [0.1, 0.15) is 114 Å². The molecule has 0 aromatic heterocycles. The second kappa shape index (κ2) is 14.3. The predicted molar refractivity (Wildman–Crippen MR) is 135 cm³/mol. The number of unbranched alkanes of at least 4 members (excludes halogenated alkanes) is 3. The molecule has 1 aromatic rings. The van der Waals surface area contributed by atoms with E-state index in [0.717, 1.165) is 57.8 Å². The number of nitriles is 1. The summed E-state index contributed by atoms with van der Waals surface area (Å²) in [6.45, 7) is 2.25. The highest BCUT2D eigenvalue weighted by Gasteiger charge is 2.31. The Kier molecular flexibility index (Phi) is 11.1. The zero-order valence-electron chi connectivity index (χ0n) is 20.9. The van der Waals surface area contributed by atoms with Crippen LogP contribution >= 0.6 is 0 Å². The van der Waals surface area contributed by atoms with Gasteiger partial charge in [-0.05, 0) is 106 Å². The van der Waals surface area contributed by atoms with E-state index in [1.807, 2.05) is 0 Å². The molecule has 0 saturated heterocycles. The number of hydrogen-bond donors (Lipinski definition) is 0. The fraction of sp³-hybridized carbons (Fsp3) is 0.667. The highest BCUT2D eigenvalue weighted by atomic mass is 19.1. The molecule has 0 radical (unpaired) electrons. The number of halogens is 1. The fourth-order valence-corrected chi connectivity index (χ4v) is 5.67. The Labute approximate surface area is 205 Å². The van der Waals surface area contributed by atoms with Crippen LogP contribution in [-0.4, -0.2) is 12.1 Å². The van der Waals surface area contributed by atoms with Crippen molar-refractivity contribution in [1.29, 1.82) is 5.26 Å². The molecule has 0 spiro atoms. The second-order valence-electron chi connectivity index (χ2n) is 10.4. The van der Waals surface area contributed by atoms with Gasteiger partial charge in [0.1, 0.15) is 12.2 Å². The average molecular weight is 468 g/mol. The van der Waals surface area contributed by atoms with Gasteiger partial charge in [0.05, 0.1) is 5.92 Å². The van der Waals surface area contributed by atoms with Gasteiger partial charge in [-0.25, -0.2) is 0 Å². The summed E-state index contributed by atoms with van der Waals surface area (Å²) >= 11 is 0. The van der Waals surface area contributed by atoms with E-state index in [-0.39, 0.29) is 18.0 Å². The SMILES string of the molecule is CCCCCCc1ccc([C@H]2CC[C@H](C(=O)O[C@H]3CC[C@H](CCC=C(F)C#N)CC3)CC2)cc1. The molecule has 0 unspecified atom stereocenters. The van der Waals surface area contributed by atoms with Gasteiger partial charge >= 0.3 is 5.97 Å². The Bertz CT molecular complexity index is 809. The average Bonchev–Trinajstić information content (AvgIpc) is 2.88. The van der Waals surface area contributed by atoms with Crippen LogP contribution < -0.4 is 0 Å². The largest absolute Gasteiger partial charge is 0.462 e. The Morgan fingerprint density at radius 2 is 1.74 bits per heavy atom. The molecule has 1 aromatic carbocycles. The van der Waals surface area contributed by atoms with Crippen molar-refractivity contribution in [3.63, 3.8) is 0 Å². The number of allylic oxidation sites excluding steroid dienone is 2. The van der Waals surface area contributed by atoms with Crippen molar-refractivity contribution in [2.75, 3.05) is 0 Å². The summed E-state index contributed by atoms with van der Waals surface area (Å²) in [5.41, 5.74) is 2.87. The maximum atomic E-state index is 12.9. The Balaban J connectivity index is 1.34. The minimum atomic E-state index is -0.688. The number of aryl methyl sites for hydroxylation is 1. The van der Waals surface area contributed by atoms with E-state index < -0.39 is 5.83 Å². The van der Waals surface area contributed by atoms with Gasteiger partial charge in [0, 0.05) is 0 Å². The van der Waals surface area contributed by atoms with Crippen LogP contribution in [0.3, 0.4) is 0 Å². The standard InChI is InChI=1S/C30H42FNO2/c1-2-3-4-5-7-23-10-14-25(15-11-23)26-16-18-27(19-17-26)30(33)34-29-20-12-24(13-21-29)8-6-9-28(31)22-32/h9-11,14-15,24,26-27,29H,2-8,12-13,16-21H2,1H3/t24-,26-,27-,29-. The van der Waals surface area contributed by atoms with Crippen molar-refractivity contribution in [3.8, 4) is 6.07 Å². The molecule has 0 atom stereocenters. The minimum absolute atomic E-state index is 0.00310. The van der Waals surface area contributed by atoms with Crippen molar-refractivity contribution in [2.45, 2.75) is 115 Å². The summed E-state index contributed by atoms with van der Waals surface area (Å²) in [6, 6.07) is 10.7. The van der Waals surface area contributed by atoms with Gasteiger partial charge in [-0.2, -0.15) is 9.65 Å². The van der Waals surface area contributed by atoms with Gasteiger partial charge < -0.3 is 4.74 Å². The van der Waals surface area contributed by atoms with Crippen LogP contribution in [0.25, 0.3) is 0 Å². The molecule has 2 fully saturated rings. The topological polar surface area (TPSA) is 50.1 Å². The molecule has 186 valence electrons. The highest BCUT2D eigenvalue weighted by molar-refractivity contribution is 5.72. The third-order valence-corrected chi connectivity index (χ3v) is 7.91. The third-order valence-electron chi connectivity index (χ3n) is 7.91. The Morgan fingerprint density at radius 1 is 1.03 bits per heavy atom. The molecule has 0 aliphatic heterocycles. The number of carbonyl (C=O) groups is 1. The van der Waals surface area contributed by atoms with E-state index in [2.05, 4.69) is 31.2 Å². The molecule has 0 heterocycles. The lowest BCUT2D eigenvalue weighted by Gasteiger charge is -2.31. The maximum Gasteiger partial charge on any atom is 0.309 e. The molecule has 34 heavy (non-hydrogen) atoms. The minimum Gasteiger partial charge on any atom is -0.462 e. The van der Waals surface area contributed by atoms with E-state index in [0.29, 0.717) is 18.3 Å². The number of benzene rings is 1. The monoisotopic (exact) mass is 467 g/mol. The number of carbonyl (C=O) groups excluding carboxylic acids is 1. The van der Waals surface area contributed by atoms with E-state index in [1.54, 1.807) is 0 Å². The summed E-state index contributed by atoms with van der Waals surface area (Å²) in [6.07, 6.45) is 17.1. The van der Waals surface area contributed by atoms with Crippen LogP contribution in [0.15, 0.2) is 36.2 Å². The summed E-state index contributed by atoms with van der Waals surface area (Å²) in [5.74, 6) is 0.464. The molecule has 0 amide bonds. The second-order valence-corrected chi connectivity index (χ2v) is 10.4. The number of rotatable bonds is 11. The van der Waals surface area contributed by atoms with Gasteiger partial charge in [0.15, 0.2) is 5.83 Å². The molecular weight excluding hydrogens is 425 g/mol. The first-order valence-corrected chi connectivity index (χ1v) is 13.6. The van der Waals surface area contributed by atoms with Gasteiger partial charge in [-0.15, -0.1) is 0 Å². The van der Waals surface area contributed by atoms with Gasteiger partial charge in [-0.3, -0.25) is 4.79 Å². The van der Waals surface area contributed by atoms with Crippen molar-refractivity contribution < 1.29 is 13.9 Å². The van der Waals surface area contributed by atoms with Crippen LogP contribution in [0.2, 0.25) is 0 Å². The molecule has 3 nitrogen and oxygen atoms in total. The highest BCUT2D eigenvalue weighted by Crippen LogP contribution is 2.37. The smallest absolute Gasteiger partial charge is 0.309 e. The van der Waals surface area contributed by atoms with E-state index in [9.17, 15) is 9.18 Å². The summed E-state index contributed by atoms with van der Waals surface area (Å²) < 4.78 is 18.8. The summed E-state index contributed by atoms with van der Waals surface area (Å²) in [7, 11) is 0. The number of esters is 1. The first-order chi connectivity index (χ1) is 16.6. The molecular formula is C30H42FNO2.